The van der Waals surface area contributed by atoms with Gasteiger partial charge in [0.05, 0.1) is 0 Å². The molecule has 24 heavy (non-hydrogen) atoms. The van der Waals surface area contributed by atoms with Crippen molar-refractivity contribution >= 4 is 34.1 Å². The summed E-state index contributed by atoms with van der Waals surface area (Å²) >= 11 is 1.36. The van der Waals surface area contributed by atoms with Gasteiger partial charge >= 0.3 is 6.03 Å². The van der Waals surface area contributed by atoms with Crippen molar-refractivity contribution < 1.29 is 9.59 Å². The molecule has 126 valence electrons. The average Bonchev–Trinajstić information content (AvgIpc) is 3.24. The summed E-state index contributed by atoms with van der Waals surface area (Å²) in [6.07, 6.45) is 2.23. The number of aromatic nitrogens is 2. The van der Waals surface area contributed by atoms with E-state index in [0.717, 1.165) is 17.8 Å². The van der Waals surface area contributed by atoms with Gasteiger partial charge in [0.25, 0.3) is 0 Å². The summed E-state index contributed by atoms with van der Waals surface area (Å²) in [6, 6.07) is 8.48. The molecule has 2 N–H and O–H groups in total. The Morgan fingerprint density at radius 2 is 2.04 bits per heavy atom. The standard InChI is InChI=1S/C16H19N5O2S/c1-2-13-19-20-15(24-13)18-14(22)12-9-6-10-21(12)16(23)17-11-7-4-3-5-8-11/h3-5,7-8,12H,2,6,9-10H2,1H3,(H,17,23)(H,18,20,22)/t12-/m1/s1. The van der Waals surface area contributed by atoms with E-state index >= 15 is 0 Å². The molecule has 2 aromatic rings. The van der Waals surface area contributed by atoms with Crippen LogP contribution in [0.1, 0.15) is 24.8 Å². The molecule has 2 heterocycles. The maximum absolute atomic E-state index is 12.5. The quantitative estimate of drug-likeness (QED) is 0.892. The summed E-state index contributed by atoms with van der Waals surface area (Å²) in [5.74, 6) is -0.213. The zero-order chi connectivity index (χ0) is 16.9. The van der Waals surface area contributed by atoms with E-state index in [0.29, 0.717) is 23.8 Å². The summed E-state index contributed by atoms with van der Waals surface area (Å²) in [4.78, 5) is 26.5. The predicted octanol–water partition coefficient (Wildman–Crippen LogP) is 2.74. The van der Waals surface area contributed by atoms with Crippen molar-refractivity contribution in [3.8, 4) is 0 Å². The third-order valence-electron chi connectivity index (χ3n) is 3.84. The van der Waals surface area contributed by atoms with Gasteiger partial charge in [-0.15, -0.1) is 10.2 Å². The van der Waals surface area contributed by atoms with Gasteiger partial charge in [-0.25, -0.2) is 4.79 Å². The molecule has 8 heteroatoms. The van der Waals surface area contributed by atoms with Gasteiger partial charge in [-0.2, -0.15) is 0 Å². The van der Waals surface area contributed by atoms with Gasteiger partial charge in [0.15, 0.2) is 0 Å². The summed E-state index contributed by atoms with van der Waals surface area (Å²) in [7, 11) is 0. The number of likely N-dealkylation sites (tertiary alicyclic amines) is 1. The van der Waals surface area contributed by atoms with Gasteiger partial charge in [0.2, 0.25) is 11.0 Å². The van der Waals surface area contributed by atoms with E-state index < -0.39 is 6.04 Å². The van der Waals surface area contributed by atoms with E-state index in [-0.39, 0.29) is 11.9 Å². The minimum atomic E-state index is -0.484. The molecule has 1 aromatic carbocycles. The number of amides is 3. The van der Waals surface area contributed by atoms with E-state index in [1.807, 2.05) is 37.3 Å². The fraction of sp³-hybridized carbons (Fsp3) is 0.375. The van der Waals surface area contributed by atoms with Crippen LogP contribution in [0.15, 0.2) is 30.3 Å². The lowest BCUT2D eigenvalue weighted by Crippen LogP contribution is -2.45. The van der Waals surface area contributed by atoms with Gasteiger partial charge in [-0.3, -0.25) is 10.1 Å². The first-order valence-corrected chi connectivity index (χ1v) is 8.75. The number of benzene rings is 1. The largest absolute Gasteiger partial charge is 0.322 e. The number of anilines is 2. The molecular formula is C16H19N5O2S. The van der Waals surface area contributed by atoms with Crippen molar-refractivity contribution in [1.82, 2.24) is 15.1 Å². The lowest BCUT2D eigenvalue weighted by atomic mass is 10.2. The number of hydrogen-bond acceptors (Lipinski definition) is 5. The van der Waals surface area contributed by atoms with Crippen LogP contribution in [0.5, 0.6) is 0 Å². The predicted molar refractivity (Wildman–Crippen MR) is 93.1 cm³/mol. The second-order valence-corrected chi connectivity index (χ2v) is 6.55. The van der Waals surface area contributed by atoms with Crippen molar-refractivity contribution in [2.24, 2.45) is 0 Å². The van der Waals surface area contributed by atoms with Gasteiger partial charge in [-0.1, -0.05) is 36.5 Å². The van der Waals surface area contributed by atoms with Crippen LogP contribution in [-0.4, -0.2) is 39.6 Å². The van der Waals surface area contributed by atoms with Gasteiger partial charge in [-0.05, 0) is 31.4 Å². The van der Waals surface area contributed by atoms with Crippen LogP contribution in [-0.2, 0) is 11.2 Å². The van der Waals surface area contributed by atoms with Crippen molar-refractivity contribution in [2.75, 3.05) is 17.2 Å². The van der Waals surface area contributed by atoms with Crippen LogP contribution in [0.2, 0.25) is 0 Å². The molecule has 1 saturated heterocycles. The van der Waals surface area contributed by atoms with Gasteiger partial charge < -0.3 is 10.2 Å². The number of nitrogens with one attached hydrogen (secondary N) is 2. The highest BCUT2D eigenvalue weighted by Crippen LogP contribution is 2.22. The summed E-state index contributed by atoms with van der Waals surface area (Å²) in [5, 5.41) is 14.9. The minimum Gasteiger partial charge on any atom is -0.312 e. The lowest BCUT2D eigenvalue weighted by molar-refractivity contribution is -0.119. The smallest absolute Gasteiger partial charge is 0.312 e. The number of aryl methyl sites for hydroxylation is 1. The van der Waals surface area contributed by atoms with Crippen LogP contribution in [0.4, 0.5) is 15.6 Å². The van der Waals surface area contributed by atoms with Crippen molar-refractivity contribution in [1.29, 1.82) is 0 Å². The Hall–Kier alpha value is -2.48. The highest BCUT2D eigenvalue weighted by molar-refractivity contribution is 7.15. The zero-order valence-corrected chi connectivity index (χ0v) is 14.2. The lowest BCUT2D eigenvalue weighted by Gasteiger charge is -2.23. The normalized spacial score (nSPS) is 16.9. The highest BCUT2D eigenvalue weighted by atomic mass is 32.1. The molecule has 1 aromatic heterocycles. The summed E-state index contributed by atoms with van der Waals surface area (Å²) in [6.45, 7) is 2.55. The molecule has 0 spiro atoms. The first-order chi connectivity index (χ1) is 11.7. The third kappa shape index (κ3) is 3.70. The number of carbonyl (C=O) groups is 2. The summed E-state index contributed by atoms with van der Waals surface area (Å²) < 4.78 is 0. The Bertz CT molecular complexity index is 718. The van der Waals surface area contributed by atoms with Crippen LogP contribution in [0.25, 0.3) is 0 Å². The molecule has 1 atom stereocenters. The number of urea groups is 1. The molecule has 7 nitrogen and oxygen atoms in total. The number of carbonyl (C=O) groups excluding carboxylic acids is 2. The fourth-order valence-corrected chi connectivity index (χ4v) is 3.32. The highest BCUT2D eigenvalue weighted by Gasteiger charge is 2.34. The molecule has 0 bridgehead atoms. The SMILES string of the molecule is CCc1nnc(NC(=O)[C@H]2CCCN2C(=O)Nc2ccccc2)s1. The molecule has 1 aliphatic heterocycles. The van der Waals surface area contributed by atoms with Gasteiger partial charge in [0, 0.05) is 12.2 Å². The fourth-order valence-electron chi connectivity index (χ4n) is 2.63. The number of nitrogens with zero attached hydrogens (tertiary/aromatic N) is 3. The topological polar surface area (TPSA) is 87.2 Å². The maximum Gasteiger partial charge on any atom is 0.322 e. The molecular weight excluding hydrogens is 326 g/mol. The molecule has 1 aliphatic rings. The number of para-hydroxylation sites is 1. The number of rotatable bonds is 4. The van der Waals surface area contributed by atoms with Gasteiger partial charge in [0.1, 0.15) is 11.0 Å². The van der Waals surface area contributed by atoms with Crippen LogP contribution in [0, 0.1) is 0 Å². The molecule has 1 fully saturated rings. The van der Waals surface area contributed by atoms with E-state index in [1.54, 1.807) is 4.90 Å². The molecule has 3 rings (SSSR count). The second kappa shape index (κ2) is 7.39. The Morgan fingerprint density at radius 3 is 2.75 bits per heavy atom. The Kier molecular flexibility index (Phi) is 5.05. The maximum atomic E-state index is 12.5. The monoisotopic (exact) mass is 345 g/mol. The molecule has 0 unspecified atom stereocenters. The third-order valence-corrected chi connectivity index (χ3v) is 4.82. The Morgan fingerprint density at radius 1 is 1.25 bits per heavy atom. The molecule has 0 radical (unpaired) electrons. The first-order valence-electron chi connectivity index (χ1n) is 7.93. The molecule has 0 saturated carbocycles. The van der Waals surface area contributed by atoms with E-state index in [2.05, 4.69) is 20.8 Å². The number of hydrogen-bond donors (Lipinski definition) is 2. The van der Waals surface area contributed by atoms with E-state index in [1.165, 1.54) is 11.3 Å². The summed E-state index contributed by atoms with van der Waals surface area (Å²) in [5.41, 5.74) is 0.713. The minimum absolute atomic E-state index is 0.213. The van der Waals surface area contributed by atoms with Crippen molar-refractivity contribution in [3.05, 3.63) is 35.3 Å². The van der Waals surface area contributed by atoms with Crippen LogP contribution >= 0.6 is 11.3 Å². The molecule has 3 amide bonds. The Balaban J connectivity index is 1.63. The van der Waals surface area contributed by atoms with Crippen molar-refractivity contribution in [3.63, 3.8) is 0 Å². The average molecular weight is 345 g/mol. The zero-order valence-electron chi connectivity index (χ0n) is 13.4. The van der Waals surface area contributed by atoms with Crippen LogP contribution in [0.3, 0.4) is 0 Å². The van der Waals surface area contributed by atoms with Crippen molar-refractivity contribution in [2.45, 2.75) is 32.2 Å². The Labute approximate surface area is 144 Å². The molecule has 0 aliphatic carbocycles. The van der Waals surface area contributed by atoms with Crippen LogP contribution < -0.4 is 10.6 Å². The first kappa shape index (κ1) is 16.4. The van der Waals surface area contributed by atoms with E-state index in [9.17, 15) is 9.59 Å². The second-order valence-electron chi connectivity index (χ2n) is 5.49. The van der Waals surface area contributed by atoms with E-state index in [4.69, 9.17) is 0 Å².